The highest BCUT2D eigenvalue weighted by Gasteiger charge is 2.22. The van der Waals surface area contributed by atoms with Crippen molar-refractivity contribution >= 4 is 23.4 Å². The van der Waals surface area contributed by atoms with E-state index in [1.54, 1.807) is 4.90 Å². The summed E-state index contributed by atoms with van der Waals surface area (Å²) in [6.07, 6.45) is 0. The van der Waals surface area contributed by atoms with Gasteiger partial charge in [-0.05, 0) is 31.2 Å². The Bertz CT molecular complexity index is 762. The Morgan fingerprint density at radius 2 is 1.85 bits per heavy atom. The molecular formula is C17H20F2N6O. The summed E-state index contributed by atoms with van der Waals surface area (Å²) in [6.45, 7) is 4.97. The SMILES string of the molecule is CCNc1ccc(N2CCN(C(=O)Nc3ccc(F)c(F)c3)CC2)nn1. The van der Waals surface area contributed by atoms with Gasteiger partial charge in [0.05, 0.1) is 0 Å². The van der Waals surface area contributed by atoms with Gasteiger partial charge in [-0.25, -0.2) is 13.6 Å². The van der Waals surface area contributed by atoms with Crippen LogP contribution in [-0.4, -0.2) is 53.9 Å². The topological polar surface area (TPSA) is 73.4 Å². The maximum atomic E-state index is 13.2. The second kappa shape index (κ2) is 7.94. The van der Waals surface area contributed by atoms with Crippen molar-refractivity contribution in [3.8, 4) is 0 Å². The van der Waals surface area contributed by atoms with Crippen LogP contribution in [0, 0.1) is 11.6 Å². The highest BCUT2D eigenvalue weighted by atomic mass is 19.2. The highest BCUT2D eigenvalue weighted by Crippen LogP contribution is 2.16. The first-order valence-electron chi connectivity index (χ1n) is 8.40. The second-order valence-corrected chi connectivity index (χ2v) is 5.84. The monoisotopic (exact) mass is 362 g/mol. The van der Waals surface area contributed by atoms with Crippen LogP contribution in [0.4, 0.5) is 30.9 Å². The van der Waals surface area contributed by atoms with Gasteiger partial charge in [-0.3, -0.25) is 0 Å². The molecular weight excluding hydrogens is 342 g/mol. The number of carbonyl (C=O) groups is 1. The van der Waals surface area contributed by atoms with E-state index in [9.17, 15) is 13.6 Å². The average molecular weight is 362 g/mol. The molecule has 1 aliphatic rings. The first kappa shape index (κ1) is 17.8. The summed E-state index contributed by atoms with van der Waals surface area (Å²) in [6, 6.07) is 6.69. The number of aromatic nitrogens is 2. The molecule has 138 valence electrons. The summed E-state index contributed by atoms with van der Waals surface area (Å²) in [5.74, 6) is -0.460. The molecule has 2 heterocycles. The zero-order valence-electron chi connectivity index (χ0n) is 14.4. The molecule has 1 aromatic carbocycles. The number of nitrogens with one attached hydrogen (secondary N) is 2. The lowest BCUT2D eigenvalue weighted by molar-refractivity contribution is 0.208. The number of anilines is 3. The molecule has 3 rings (SSSR count). The molecule has 0 spiro atoms. The number of urea groups is 1. The second-order valence-electron chi connectivity index (χ2n) is 5.84. The minimum atomic E-state index is -0.993. The first-order valence-corrected chi connectivity index (χ1v) is 8.40. The van der Waals surface area contributed by atoms with Crippen LogP contribution in [0.5, 0.6) is 0 Å². The summed E-state index contributed by atoms with van der Waals surface area (Å²) in [5.41, 5.74) is 0.223. The number of piperazine rings is 1. The fourth-order valence-corrected chi connectivity index (χ4v) is 2.68. The van der Waals surface area contributed by atoms with Crippen molar-refractivity contribution in [2.24, 2.45) is 0 Å². The fraction of sp³-hybridized carbons (Fsp3) is 0.353. The lowest BCUT2D eigenvalue weighted by Gasteiger charge is -2.35. The third-order valence-corrected chi connectivity index (χ3v) is 4.07. The molecule has 2 amide bonds. The van der Waals surface area contributed by atoms with Gasteiger partial charge in [-0.1, -0.05) is 0 Å². The van der Waals surface area contributed by atoms with Gasteiger partial charge in [0.2, 0.25) is 0 Å². The lowest BCUT2D eigenvalue weighted by atomic mass is 10.3. The van der Waals surface area contributed by atoms with Gasteiger partial charge in [0, 0.05) is 44.5 Å². The highest BCUT2D eigenvalue weighted by molar-refractivity contribution is 5.89. The van der Waals surface area contributed by atoms with Gasteiger partial charge >= 0.3 is 6.03 Å². The number of hydrogen-bond donors (Lipinski definition) is 2. The van der Waals surface area contributed by atoms with Crippen LogP contribution in [0.25, 0.3) is 0 Å². The Labute approximate surface area is 150 Å². The molecule has 1 fully saturated rings. The maximum absolute atomic E-state index is 13.2. The number of nitrogens with zero attached hydrogens (tertiary/aromatic N) is 4. The maximum Gasteiger partial charge on any atom is 0.321 e. The van der Waals surface area contributed by atoms with Crippen LogP contribution in [-0.2, 0) is 0 Å². The Hall–Kier alpha value is -2.97. The standard InChI is InChI=1S/C17H20F2N6O/c1-2-20-15-5-6-16(23-22-15)24-7-9-25(10-8-24)17(26)21-12-3-4-13(18)14(19)11-12/h3-6,11H,2,7-10H2,1H3,(H,20,22)(H,21,26). The zero-order chi connectivity index (χ0) is 18.5. The Kier molecular flexibility index (Phi) is 5.45. The van der Waals surface area contributed by atoms with E-state index in [1.807, 2.05) is 24.0 Å². The molecule has 0 saturated carbocycles. The molecule has 2 N–H and O–H groups in total. The minimum Gasteiger partial charge on any atom is -0.369 e. The van der Waals surface area contributed by atoms with Crippen LogP contribution in [0.15, 0.2) is 30.3 Å². The van der Waals surface area contributed by atoms with Gasteiger partial charge < -0.3 is 20.4 Å². The summed E-state index contributed by atoms with van der Waals surface area (Å²) in [5, 5.41) is 14.0. The average Bonchev–Trinajstić information content (AvgIpc) is 2.66. The quantitative estimate of drug-likeness (QED) is 0.874. The molecule has 0 unspecified atom stereocenters. The molecule has 0 atom stereocenters. The number of rotatable bonds is 4. The van der Waals surface area contributed by atoms with Crippen LogP contribution < -0.4 is 15.5 Å². The van der Waals surface area contributed by atoms with E-state index in [0.29, 0.717) is 26.2 Å². The van der Waals surface area contributed by atoms with Crippen molar-refractivity contribution in [2.45, 2.75) is 6.92 Å². The van der Waals surface area contributed by atoms with E-state index in [0.717, 1.165) is 30.3 Å². The molecule has 1 saturated heterocycles. The molecule has 0 bridgehead atoms. The Morgan fingerprint density at radius 3 is 2.46 bits per heavy atom. The van der Waals surface area contributed by atoms with Gasteiger partial charge in [0.15, 0.2) is 17.5 Å². The number of amides is 2. The van der Waals surface area contributed by atoms with Crippen molar-refractivity contribution < 1.29 is 13.6 Å². The van der Waals surface area contributed by atoms with Gasteiger partial charge in [-0.15, -0.1) is 10.2 Å². The van der Waals surface area contributed by atoms with Crippen molar-refractivity contribution in [3.05, 3.63) is 42.0 Å². The number of benzene rings is 1. The largest absolute Gasteiger partial charge is 0.369 e. The molecule has 26 heavy (non-hydrogen) atoms. The third kappa shape index (κ3) is 4.16. The first-order chi connectivity index (χ1) is 12.6. The van der Waals surface area contributed by atoms with E-state index >= 15 is 0 Å². The van der Waals surface area contributed by atoms with E-state index in [2.05, 4.69) is 20.8 Å². The number of hydrogen-bond acceptors (Lipinski definition) is 5. The molecule has 1 aliphatic heterocycles. The predicted molar refractivity (Wildman–Crippen MR) is 95.4 cm³/mol. The van der Waals surface area contributed by atoms with Gasteiger partial charge in [-0.2, -0.15) is 0 Å². The molecule has 0 aliphatic carbocycles. The summed E-state index contributed by atoms with van der Waals surface area (Å²) < 4.78 is 26.2. The molecule has 0 radical (unpaired) electrons. The van der Waals surface area contributed by atoms with Gasteiger partial charge in [0.25, 0.3) is 0 Å². The summed E-state index contributed by atoms with van der Waals surface area (Å²) >= 11 is 0. The zero-order valence-corrected chi connectivity index (χ0v) is 14.4. The number of carbonyl (C=O) groups excluding carboxylic acids is 1. The third-order valence-electron chi connectivity index (χ3n) is 4.07. The van der Waals surface area contributed by atoms with Crippen molar-refractivity contribution in [1.82, 2.24) is 15.1 Å². The van der Waals surface area contributed by atoms with Crippen molar-refractivity contribution in [2.75, 3.05) is 48.3 Å². The van der Waals surface area contributed by atoms with Crippen LogP contribution in [0.3, 0.4) is 0 Å². The van der Waals surface area contributed by atoms with Crippen LogP contribution >= 0.6 is 0 Å². The molecule has 1 aromatic heterocycles. The molecule has 7 nitrogen and oxygen atoms in total. The van der Waals surface area contributed by atoms with Crippen molar-refractivity contribution in [1.29, 1.82) is 0 Å². The smallest absolute Gasteiger partial charge is 0.321 e. The van der Waals surface area contributed by atoms with Crippen LogP contribution in [0.2, 0.25) is 0 Å². The molecule has 2 aromatic rings. The lowest BCUT2D eigenvalue weighted by Crippen LogP contribution is -2.50. The van der Waals surface area contributed by atoms with E-state index in [-0.39, 0.29) is 11.7 Å². The van der Waals surface area contributed by atoms with Gasteiger partial charge in [0.1, 0.15) is 5.82 Å². The van der Waals surface area contributed by atoms with E-state index < -0.39 is 11.6 Å². The Balaban J connectivity index is 1.54. The summed E-state index contributed by atoms with van der Waals surface area (Å²) in [4.78, 5) is 15.9. The van der Waals surface area contributed by atoms with E-state index in [1.165, 1.54) is 6.07 Å². The fourth-order valence-electron chi connectivity index (χ4n) is 2.68. The van der Waals surface area contributed by atoms with E-state index in [4.69, 9.17) is 0 Å². The minimum absolute atomic E-state index is 0.223. The van der Waals surface area contributed by atoms with Crippen LogP contribution in [0.1, 0.15) is 6.92 Å². The predicted octanol–water partition coefficient (Wildman–Crippen LogP) is 2.54. The molecule has 9 heteroatoms. The van der Waals surface area contributed by atoms with Crippen molar-refractivity contribution in [3.63, 3.8) is 0 Å². The normalized spacial score (nSPS) is 14.3. The summed E-state index contributed by atoms with van der Waals surface area (Å²) in [7, 11) is 0. The Morgan fingerprint density at radius 1 is 1.08 bits per heavy atom. The number of halogens is 2.